The first kappa shape index (κ1) is 31.1. The van der Waals surface area contributed by atoms with Crippen LogP contribution < -0.4 is 0 Å². The van der Waals surface area contributed by atoms with E-state index >= 15 is 0 Å². The number of hydrogen-bond acceptors (Lipinski definition) is 5. The van der Waals surface area contributed by atoms with Gasteiger partial charge in [0.05, 0.1) is 12.1 Å². The van der Waals surface area contributed by atoms with Gasteiger partial charge in [0.25, 0.3) is 5.91 Å². The van der Waals surface area contributed by atoms with E-state index in [1.165, 1.54) is 11.1 Å². The average Bonchev–Trinajstić information content (AvgIpc) is 3.55. The minimum Gasteiger partial charge on any atom is -0.475 e. The predicted molar refractivity (Wildman–Crippen MR) is 130 cm³/mol. The molecule has 4 heterocycles. The van der Waals surface area contributed by atoms with E-state index in [-0.39, 0.29) is 11.9 Å². The Labute approximate surface area is 229 Å². The lowest BCUT2D eigenvalue weighted by atomic mass is 10.0. The molecule has 0 bridgehead atoms. The van der Waals surface area contributed by atoms with Gasteiger partial charge in [-0.25, -0.2) is 9.59 Å². The lowest BCUT2D eigenvalue weighted by Crippen LogP contribution is -2.49. The number of pyridine rings is 1. The van der Waals surface area contributed by atoms with Crippen LogP contribution in [0.5, 0.6) is 0 Å². The molecule has 0 saturated carbocycles. The maximum atomic E-state index is 13.2. The van der Waals surface area contributed by atoms with Gasteiger partial charge in [0.1, 0.15) is 5.69 Å². The molecule has 1 saturated heterocycles. The van der Waals surface area contributed by atoms with Gasteiger partial charge in [-0.2, -0.15) is 26.3 Å². The fourth-order valence-corrected chi connectivity index (χ4v) is 4.43. The van der Waals surface area contributed by atoms with E-state index in [1.807, 2.05) is 42.7 Å². The number of alkyl halides is 6. The summed E-state index contributed by atoms with van der Waals surface area (Å²) in [6.07, 6.45) is -4.43. The third-order valence-corrected chi connectivity index (χ3v) is 6.19. The smallest absolute Gasteiger partial charge is 0.475 e. The Kier molecular flexibility index (Phi) is 9.75. The molecule has 0 spiro atoms. The van der Waals surface area contributed by atoms with Crippen LogP contribution in [0.15, 0.2) is 73.2 Å². The standard InChI is InChI=1S/C22H22N4O.2C2HF3O2/c27-22-19-7-4-12-25(19)20-15-24(13-18-8-10-23-11-9-18)16-21(20)26(22)14-17-5-2-1-3-6-17;2*3-2(4,5)1(6)7/h1-12,20-21H,13-16H2;2*(H,6,7). The van der Waals surface area contributed by atoms with E-state index in [0.29, 0.717) is 12.6 Å². The first-order valence-corrected chi connectivity index (χ1v) is 11.9. The van der Waals surface area contributed by atoms with Crippen LogP contribution in [0, 0.1) is 0 Å². The maximum absolute atomic E-state index is 13.2. The normalized spacial score (nSPS) is 18.3. The number of benzene rings is 1. The van der Waals surface area contributed by atoms with Crippen molar-refractivity contribution in [2.45, 2.75) is 37.5 Å². The number of halogens is 6. The summed E-state index contributed by atoms with van der Waals surface area (Å²) in [6, 6.07) is 18.8. The lowest BCUT2D eigenvalue weighted by molar-refractivity contribution is -0.193. The highest BCUT2D eigenvalue weighted by Gasteiger charge is 2.45. The second-order valence-corrected chi connectivity index (χ2v) is 9.01. The zero-order valence-corrected chi connectivity index (χ0v) is 21.1. The van der Waals surface area contributed by atoms with Crippen molar-refractivity contribution in [1.82, 2.24) is 19.4 Å². The molecule has 1 fully saturated rings. The molecule has 2 unspecified atom stereocenters. The van der Waals surface area contributed by atoms with Crippen molar-refractivity contribution >= 4 is 17.8 Å². The summed E-state index contributed by atoms with van der Waals surface area (Å²) < 4.78 is 65.7. The molecule has 3 aromatic rings. The summed E-state index contributed by atoms with van der Waals surface area (Å²) in [7, 11) is 0. The number of carboxylic acids is 2. The molecular weight excluding hydrogens is 562 g/mol. The Hall–Kier alpha value is -4.40. The van der Waals surface area contributed by atoms with Crippen LogP contribution in [0.1, 0.15) is 27.7 Å². The van der Waals surface area contributed by atoms with Crippen molar-refractivity contribution in [2.75, 3.05) is 13.1 Å². The Morgan fingerprint density at radius 3 is 1.83 bits per heavy atom. The van der Waals surface area contributed by atoms with Crippen LogP contribution in [0.4, 0.5) is 26.3 Å². The number of carbonyl (C=O) groups is 3. The van der Waals surface area contributed by atoms with Crippen LogP contribution in [-0.4, -0.2) is 78.9 Å². The second kappa shape index (κ2) is 12.8. The molecule has 2 aliphatic heterocycles. The summed E-state index contributed by atoms with van der Waals surface area (Å²) in [4.78, 5) is 39.6. The molecule has 41 heavy (non-hydrogen) atoms. The zero-order chi connectivity index (χ0) is 30.4. The zero-order valence-electron chi connectivity index (χ0n) is 21.1. The summed E-state index contributed by atoms with van der Waals surface area (Å²) in [6.45, 7) is 3.39. The number of likely N-dealkylation sites (tertiary alicyclic amines) is 1. The number of fused-ring (bicyclic) bond motifs is 3. The van der Waals surface area contributed by atoms with Crippen molar-refractivity contribution in [3.05, 3.63) is 90.0 Å². The summed E-state index contributed by atoms with van der Waals surface area (Å²) in [5, 5.41) is 14.2. The molecule has 0 radical (unpaired) electrons. The molecule has 2 aromatic heterocycles. The Balaban J connectivity index is 0.000000276. The Morgan fingerprint density at radius 1 is 0.780 bits per heavy atom. The number of hydrogen-bond donors (Lipinski definition) is 2. The average molecular weight is 586 g/mol. The molecule has 5 rings (SSSR count). The molecule has 2 N–H and O–H groups in total. The van der Waals surface area contributed by atoms with E-state index in [9.17, 15) is 31.1 Å². The number of aromatic nitrogens is 2. The lowest BCUT2D eigenvalue weighted by Gasteiger charge is -2.38. The fourth-order valence-electron chi connectivity index (χ4n) is 4.43. The van der Waals surface area contributed by atoms with Crippen LogP contribution >= 0.6 is 0 Å². The second-order valence-electron chi connectivity index (χ2n) is 9.01. The molecule has 2 aliphatic rings. The monoisotopic (exact) mass is 586 g/mol. The molecular formula is C26H24F6N4O5. The van der Waals surface area contributed by atoms with Crippen molar-refractivity contribution in [3.63, 3.8) is 0 Å². The summed E-state index contributed by atoms with van der Waals surface area (Å²) in [5.41, 5.74) is 3.24. The van der Waals surface area contributed by atoms with Crippen molar-refractivity contribution in [2.24, 2.45) is 0 Å². The number of rotatable bonds is 4. The van der Waals surface area contributed by atoms with Crippen LogP contribution in [0.2, 0.25) is 0 Å². The number of carbonyl (C=O) groups excluding carboxylic acids is 1. The first-order chi connectivity index (χ1) is 19.2. The highest BCUT2D eigenvalue weighted by molar-refractivity contribution is 5.94. The van der Waals surface area contributed by atoms with Crippen molar-refractivity contribution in [1.29, 1.82) is 0 Å². The molecule has 1 aromatic carbocycles. The summed E-state index contributed by atoms with van der Waals surface area (Å²) in [5.74, 6) is -5.38. The van der Waals surface area contributed by atoms with Gasteiger partial charge in [0.2, 0.25) is 0 Å². The van der Waals surface area contributed by atoms with Gasteiger partial charge < -0.3 is 19.7 Å². The van der Waals surface area contributed by atoms with Gasteiger partial charge in [0.15, 0.2) is 0 Å². The van der Waals surface area contributed by atoms with Gasteiger partial charge in [-0.15, -0.1) is 0 Å². The van der Waals surface area contributed by atoms with Crippen molar-refractivity contribution in [3.8, 4) is 0 Å². The van der Waals surface area contributed by atoms with Gasteiger partial charge in [-0.3, -0.25) is 14.7 Å². The highest BCUT2D eigenvalue weighted by Crippen LogP contribution is 2.35. The van der Waals surface area contributed by atoms with Gasteiger partial charge >= 0.3 is 24.3 Å². The van der Waals surface area contributed by atoms with Crippen LogP contribution in [-0.2, 0) is 22.7 Å². The number of carboxylic acid groups (broad SMARTS) is 2. The molecule has 1 amide bonds. The Bertz CT molecular complexity index is 1310. The van der Waals surface area contributed by atoms with E-state index in [1.54, 1.807) is 0 Å². The minimum absolute atomic E-state index is 0.135. The quantitative estimate of drug-likeness (QED) is 0.440. The molecule has 15 heteroatoms. The van der Waals surface area contributed by atoms with E-state index in [2.05, 4.69) is 49.8 Å². The van der Waals surface area contributed by atoms with Gasteiger partial charge in [-0.05, 0) is 35.4 Å². The molecule has 0 aliphatic carbocycles. The number of nitrogens with zero attached hydrogens (tertiary/aromatic N) is 4. The van der Waals surface area contributed by atoms with Crippen LogP contribution in [0.25, 0.3) is 0 Å². The van der Waals surface area contributed by atoms with E-state index < -0.39 is 24.3 Å². The predicted octanol–water partition coefficient (Wildman–Crippen LogP) is 4.23. The molecule has 220 valence electrons. The summed E-state index contributed by atoms with van der Waals surface area (Å²) >= 11 is 0. The SMILES string of the molecule is O=C(O)C(F)(F)F.O=C(O)C(F)(F)F.O=C1c2cccn2C2CN(Cc3ccncc3)CC2N1Cc1ccccc1. The highest BCUT2D eigenvalue weighted by atomic mass is 19.4. The minimum atomic E-state index is -5.08. The van der Waals surface area contributed by atoms with Crippen molar-refractivity contribution < 1.29 is 50.9 Å². The number of aliphatic carboxylic acids is 2. The largest absolute Gasteiger partial charge is 0.490 e. The Morgan fingerprint density at radius 2 is 1.29 bits per heavy atom. The third kappa shape index (κ3) is 8.30. The molecule has 2 atom stereocenters. The topological polar surface area (TPSA) is 116 Å². The fraction of sp³-hybridized carbons (Fsp3) is 0.308. The van der Waals surface area contributed by atoms with E-state index in [4.69, 9.17) is 19.8 Å². The van der Waals surface area contributed by atoms with Crippen LogP contribution in [0.3, 0.4) is 0 Å². The van der Waals surface area contributed by atoms with Gasteiger partial charge in [-0.1, -0.05) is 30.3 Å². The number of amides is 1. The van der Waals surface area contributed by atoms with E-state index in [0.717, 1.165) is 25.3 Å². The van der Waals surface area contributed by atoms with Gasteiger partial charge in [0, 0.05) is 44.8 Å². The third-order valence-electron chi connectivity index (χ3n) is 6.19. The maximum Gasteiger partial charge on any atom is 0.490 e. The first-order valence-electron chi connectivity index (χ1n) is 11.9. The molecule has 9 nitrogen and oxygen atoms in total.